The lowest BCUT2D eigenvalue weighted by Crippen LogP contribution is -2.26. The average molecular weight is 434 g/mol. The third kappa shape index (κ3) is 4.49. The van der Waals surface area contributed by atoms with E-state index >= 15 is 0 Å². The quantitative estimate of drug-likeness (QED) is 0.576. The number of halogens is 1. The van der Waals surface area contributed by atoms with Crippen molar-refractivity contribution in [2.75, 3.05) is 7.11 Å². The first kappa shape index (κ1) is 21.0. The van der Waals surface area contributed by atoms with Crippen LogP contribution in [0.25, 0.3) is 10.2 Å². The number of ether oxygens (including phenoxy) is 1. The van der Waals surface area contributed by atoms with Crippen molar-refractivity contribution in [2.24, 2.45) is 5.73 Å². The number of rotatable bonds is 7. The molecule has 0 unspecified atom stereocenters. The second-order valence-electron chi connectivity index (χ2n) is 6.57. The van der Waals surface area contributed by atoms with E-state index in [9.17, 15) is 14.4 Å². The molecule has 2 heterocycles. The summed E-state index contributed by atoms with van der Waals surface area (Å²) in [5.41, 5.74) is 6.62. The van der Waals surface area contributed by atoms with Gasteiger partial charge >= 0.3 is 5.97 Å². The number of fused-ring (bicyclic) bond motifs is 1. The van der Waals surface area contributed by atoms with E-state index in [0.717, 1.165) is 16.9 Å². The molecular formula is C20H20ClN3O4S. The van der Waals surface area contributed by atoms with Crippen LogP contribution in [0.15, 0.2) is 29.1 Å². The number of methoxy groups -OCH3 is 1. The molecule has 152 valence electrons. The number of thiophene rings is 1. The molecule has 0 bridgehead atoms. The molecule has 3 rings (SSSR count). The summed E-state index contributed by atoms with van der Waals surface area (Å²) in [5, 5.41) is 0.975. The topological polar surface area (TPSA) is 104 Å². The van der Waals surface area contributed by atoms with E-state index in [4.69, 9.17) is 17.3 Å². The number of hydrogen-bond donors (Lipinski definition) is 1. The Hall–Kier alpha value is -2.71. The van der Waals surface area contributed by atoms with Crippen molar-refractivity contribution >= 4 is 45.0 Å². The van der Waals surface area contributed by atoms with Gasteiger partial charge in [0.1, 0.15) is 10.7 Å². The average Bonchev–Trinajstić information content (AvgIpc) is 3.00. The number of amides is 1. The maximum absolute atomic E-state index is 13.2. The highest BCUT2D eigenvalue weighted by Gasteiger charge is 2.20. The molecule has 2 aromatic heterocycles. The first-order valence-electron chi connectivity index (χ1n) is 8.95. The van der Waals surface area contributed by atoms with Crippen molar-refractivity contribution in [3.05, 3.63) is 61.5 Å². The van der Waals surface area contributed by atoms with Crippen LogP contribution in [0.4, 0.5) is 0 Å². The summed E-state index contributed by atoms with van der Waals surface area (Å²) in [5.74, 6) is -0.392. The molecule has 1 amide bonds. The van der Waals surface area contributed by atoms with Crippen molar-refractivity contribution in [1.29, 1.82) is 0 Å². The summed E-state index contributed by atoms with van der Waals surface area (Å²) in [6.07, 6.45) is 0.994. The van der Waals surface area contributed by atoms with Gasteiger partial charge in [0.05, 0.1) is 17.4 Å². The second-order valence-corrected chi connectivity index (χ2v) is 8.01. The van der Waals surface area contributed by atoms with E-state index in [1.807, 2.05) is 18.2 Å². The van der Waals surface area contributed by atoms with Crippen LogP contribution < -0.4 is 11.3 Å². The number of esters is 1. The lowest BCUT2D eigenvalue weighted by Gasteiger charge is -2.13. The first-order valence-corrected chi connectivity index (χ1v) is 10.1. The van der Waals surface area contributed by atoms with Gasteiger partial charge in [-0.3, -0.25) is 19.0 Å². The SMILES string of the molecule is COC(=O)CCCn1c(Cc2cccc(Cl)c2)nc2sc(C(N)=O)c(C)c2c1=O. The Morgan fingerprint density at radius 2 is 2.10 bits per heavy atom. The van der Waals surface area contributed by atoms with E-state index in [1.165, 1.54) is 7.11 Å². The third-order valence-electron chi connectivity index (χ3n) is 4.59. The van der Waals surface area contributed by atoms with Gasteiger partial charge in [-0.25, -0.2) is 4.98 Å². The summed E-state index contributed by atoms with van der Waals surface area (Å²) in [7, 11) is 1.33. The molecule has 1 aromatic carbocycles. The number of hydrogen-bond acceptors (Lipinski definition) is 6. The zero-order valence-electron chi connectivity index (χ0n) is 16.0. The maximum atomic E-state index is 13.2. The summed E-state index contributed by atoms with van der Waals surface area (Å²) >= 11 is 7.20. The van der Waals surface area contributed by atoms with Gasteiger partial charge in [0, 0.05) is 24.4 Å². The number of carbonyl (C=O) groups is 2. The summed E-state index contributed by atoms with van der Waals surface area (Å²) in [6.45, 7) is 1.99. The molecule has 7 nitrogen and oxygen atoms in total. The molecule has 9 heteroatoms. The minimum atomic E-state index is -0.585. The normalized spacial score (nSPS) is 11.0. The van der Waals surface area contributed by atoms with Gasteiger partial charge in [0.15, 0.2) is 0 Å². The highest BCUT2D eigenvalue weighted by molar-refractivity contribution is 7.20. The molecule has 0 saturated heterocycles. The predicted molar refractivity (Wildman–Crippen MR) is 113 cm³/mol. The Labute approximate surface area is 176 Å². The largest absolute Gasteiger partial charge is 0.469 e. The van der Waals surface area contributed by atoms with E-state index in [-0.39, 0.29) is 17.9 Å². The molecule has 0 spiro atoms. The van der Waals surface area contributed by atoms with Crippen LogP contribution in [0.3, 0.4) is 0 Å². The first-order chi connectivity index (χ1) is 13.8. The maximum Gasteiger partial charge on any atom is 0.305 e. The van der Waals surface area contributed by atoms with Crippen molar-refractivity contribution in [2.45, 2.75) is 32.7 Å². The zero-order valence-corrected chi connectivity index (χ0v) is 17.6. The Morgan fingerprint density at radius 1 is 1.34 bits per heavy atom. The highest BCUT2D eigenvalue weighted by atomic mass is 35.5. The van der Waals surface area contributed by atoms with Gasteiger partial charge in [-0.2, -0.15) is 0 Å². The van der Waals surface area contributed by atoms with Gasteiger partial charge in [-0.1, -0.05) is 23.7 Å². The molecule has 2 N–H and O–H groups in total. The van der Waals surface area contributed by atoms with Crippen molar-refractivity contribution < 1.29 is 14.3 Å². The number of benzene rings is 1. The summed E-state index contributed by atoms with van der Waals surface area (Å²) < 4.78 is 6.22. The molecular weight excluding hydrogens is 414 g/mol. The monoisotopic (exact) mass is 433 g/mol. The fourth-order valence-electron chi connectivity index (χ4n) is 3.17. The highest BCUT2D eigenvalue weighted by Crippen LogP contribution is 2.27. The molecule has 0 saturated carbocycles. The fourth-order valence-corrected chi connectivity index (χ4v) is 4.43. The molecule has 0 atom stereocenters. The van der Waals surface area contributed by atoms with E-state index in [2.05, 4.69) is 9.72 Å². The van der Waals surface area contributed by atoms with Crippen molar-refractivity contribution in [3.8, 4) is 0 Å². The number of aromatic nitrogens is 2. The van der Waals surface area contributed by atoms with Crippen LogP contribution >= 0.6 is 22.9 Å². The van der Waals surface area contributed by atoms with Crippen LogP contribution in [0.5, 0.6) is 0 Å². The molecule has 0 radical (unpaired) electrons. The van der Waals surface area contributed by atoms with Gasteiger partial charge in [0.2, 0.25) is 0 Å². The number of nitrogens with two attached hydrogens (primary N) is 1. The van der Waals surface area contributed by atoms with Crippen LogP contribution in [0, 0.1) is 6.92 Å². The van der Waals surface area contributed by atoms with Crippen LogP contribution in [0.1, 0.15) is 39.5 Å². The lowest BCUT2D eigenvalue weighted by atomic mass is 10.1. The Kier molecular flexibility index (Phi) is 6.34. The molecule has 29 heavy (non-hydrogen) atoms. The zero-order chi connectivity index (χ0) is 21.1. The van der Waals surface area contributed by atoms with Gasteiger partial charge in [0.25, 0.3) is 11.5 Å². The van der Waals surface area contributed by atoms with E-state index in [1.54, 1.807) is 17.6 Å². The Morgan fingerprint density at radius 3 is 2.76 bits per heavy atom. The van der Waals surface area contributed by atoms with E-state index < -0.39 is 5.91 Å². The number of carbonyl (C=O) groups excluding carboxylic acids is 2. The number of primary amides is 1. The molecule has 0 aliphatic rings. The molecule has 0 aliphatic heterocycles. The van der Waals surface area contributed by atoms with Crippen molar-refractivity contribution in [1.82, 2.24) is 9.55 Å². The second kappa shape index (κ2) is 8.75. The predicted octanol–water partition coefficient (Wildman–Crippen LogP) is 3.06. The number of aryl methyl sites for hydroxylation is 1. The molecule has 0 aliphatic carbocycles. The van der Waals surface area contributed by atoms with Crippen molar-refractivity contribution in [3.63, 3.8) is 0 Å². The standard InChI is InChI=1S/C20H20ClN3O4S/c1-11-16-19(29-17(11)18(22)26)23-14(10-12-5-3-6-13(21)9-12)24(20(16)27)8-4-7-15(25)28-2/h3,5-6,9H,4,7-8,10H2,1-2H3,(H2,22,26). The summed E-state index contributed by atoms with van der Waals surface area (Å²) in [4.78, 5) is 41.9. The minimum absolute atomic E-state index is 0.187. The Balaban J connectivity index is 2.10. The van der Waals surface area contributed by atoms with E-state index in [0.29, 0.717) is 50.9 Å². The molecule has 0 fully saturated rings. The Bertz CT molecular complexity index is 1150. The molecule has 3 aromatic rings. The van der Waals surface area contributed by atoms with Crippen LogP contribution in [-0.2, 0) is 22.5 Å². The van der Waals surface area contributed by atoms with Crippen LogP contribution in [0.2, 0.25) is 5.02 Å². The minimum Gasteiger partial charge on any atom is -0.469 e. The van der Waals surface area contributed by atoms with Gasteiger partial charge in [-0.15, -0.1) is 11.3 Å². The summed E-state index contributed by atoms with van der Waals surface area (Å²) in [6, 6.07) is 7.31. The van der Waals surface area contributed by atoms with Gasteiger partial charge < -0.3 is 10.5 Å². The lowest BCUT2D eigenvalue weighted by molar-refractivity contribution is -0.140. The van der Waals surface area contributed by atoms with Crippen LogP contribution in [-0.4, -0.2) is 28.5 Å². The van der Waals surface area contributed by atoms with Gasteiger partial charge in [-0.05, 0) is 36.6 Å². The fraction of sp³-hybridized carbons (Fsp3) is 0.300. The smallest absolute Gasteiger partial charge is 0.305 e. The third-order valence-corrected chi connectivity index (χ3v) is 6.03. The number of nitrogens with zero attached hydrogens (tertiary/aromatic N) is 2.